The second-order valence-electron chi connectivity index (χ2n) is 6.48. The quantitative estimate of drug-likeness (QED) is 0.268. The zero-order valence-electron chi connectivity index (χ0n) is 17.7. The molecular formula is C21H21N3O5S3. The van der Waals surface area contributed by atoms with E-state index >= 15 is 0 Å². The number of amides is 1. The molecule has 3 heterocycles. The molecule has 0 saturated heterocycles. The van der Waals surface area contributed by atoms with Crippen molar-refractivity contribution in [1.29, 1.82) is 0 Å². The molecule has 168 valence electrons. The summed E-state index contributed by atoms with van der Waals surface area (Å²) in [4.78, 5) is 46.2. The Kier molecular flexibility index (Phi) is 8.37. The highest BCUT2D eigenvalue weighted by atomic mass is 32.2. The molecule has 0 unspecified atom stereocenters. The van der Waals surface area contributed by atoms with E-state index in [2.05, 4.69) is 15.3 Å². The summed E-state index contributed by atoms with van der Waals surface area (Å²) in [5.41, 5.74) is 2.60. The Morgan fingerprint density at radius 2 is 1.88 bits per heavy atom. The summed E-state index contributed by atoms with van der Waals surface area (Å²) in [7, 11) is 0. The molecule has 3 aromatic rings. The molecule has 1 amide bonds. The monoisotopic (exact) mass is 491 g/mol. The van der Waals surface area contributed by atoms with Gasteiger partial charge in [0.1, 0.15) is 10.6 Å². The Balaban J connectivity index is 1.58. The Hall–Kier alpha value is -2.76. The fraction of sp³-hybridized carbons (Fsp3) is 0.286. The minimum absolute atomic E-state index is 0.0220. The van der Waals surface area contributed by atoms with Gasteiger partial charge in [-0.2, -0.15) is 0 Å². The molecule has 0 aromatic carbocycles. The molecule has 0 atom stereocenters. The highest BCUT2D eigenvalue weighted by Gasteiger charge is 2.23. The lowest BCUT2D eigenvalue weighted by molar-refractivity contribution is -0.144. The van der Waals surface area contributed by atoms with Gasteiger partial charge in [-0.3, -0.25) is 9.59 Å². The van der Waals surface area contributed by atoms with E-state index in [0.717, 1.165) is 28.0 Å². The maximum absolute atomic E-state index is 12.5. The number of nitrogens with one attached hydrogen (secondary N) is 1. The molecule has 0 saturated carbocycles. The number of hydrogen-bond acceptors (Lipinski definition) is 10. The Morgan fingerprint density at radius 1 is 1.12 bits per heavy atom. The number of thioether (sulfide) groups is 1. The second kappa shape index (κ2) is 11.2. The Morgan fingerprint density at radius 3 is 2.53 bits per heavy atom. The van der Waals surface area contributed by atoms with E-state index in [9.17, 15) is 14.4 Å². The number of ether oxygens (including phenoxy) is 2. The molecule has 3 rings (SSSR count). The second-order valence-corrected chi connectivity index (χ2v) is 9.25. The van der Waals surface area contributed by atoms with Gasteiger partial charge in [0, 0.05) is 27.2 Å². The summed E-state index contributed by atoms with van der Waals surface area (Å²) >= 11 is 3.84. The first kappa shape index (κ1) is 23.9. The van der Waals surface area contributed by atoms with E-state index in [1.165, 1.54) is 22.7 Å². The molecule has 8 nitrogen and oxygen atoms in total. The van der Waals surface area contributed by atoms with Crippen molar-refractivity contribution in [3.05, 3.63) is 45.9 Å². The minimum Gasteiger partial charge on any atom is -0.462 e. The molecule has 32 heavy (non-hydrogen) atoms. The van der Waals surface area contributed by atoms with Crippen LogP contribution < -0.4 is 5.32 Å². The minimum atomic E-state index is -0.566. The largest absolute Gasteiger partial charge is 0.462 e. The lowest BCUT2D eigenvalue weighted by Gasteiger charge is -2.08. The van der Waals surface area contributed by atoms with Gasteiger partial charge in [-0.25, -0.2) is 14.8 Å². The average molecular weight is 492 g/mol. The lowest BCUT2D eigenvalue weighted by atomic mass is 10.1. The van der Waals surface area contributed by atoms with E-state index in [0.29, 0.717) is 21.3 Å². The van der Waals surface area contributed by atoms with Gasteiger partial charge in [0.15, 0.2) is 11.8 Å². The standard InChI is InChI=1S/C21H21N3O5S3/c1-4-28-20(27)18-14(15-6-5-7-30-15)10-31-19(18)24-16(25)9-29-17(26)11-32-21-22-12(2)8-13(3)23-21/h5-8,10H,4,9,11H2,1-3H3,(H,24,25). The van der Waals surface area contributed by atoms with Crippen molar-refractivity contribution in [3.8, 4) is 10.4 Å². The smallest absolute Gasteiger partial charge is 0.341 e. The summed E-state index contributed by atoms with van der Waals surface area (Å²) in [5, 5.41) is 7.17. The zero-order chi connectivity index (χ0) is 23.1. The third-order valence-corrected chi connectivity index (χ3v) is 6.57. The first-order valence-corrected chi connectivity index (χ1v) is 12.3. The van der Waals surface area contributed by atoms with Crippen molar-refractivity contribution in [2.24, 2.45) is 0 Å². The van der Waals surface area contributed by atoms with Crippen molar-refractivity contribution in [1.82, 2.24) is 9.97 Å². The van der Waals surface area contributed by atoms with E-state index in [-0.39, 0.29) is 12.4 Å². The van der Waals surface area contributed by atoms with Gasteiger partial charge in [-0.15, -0.1) is 22.7 Å². The summed E-state index contributed by atoms with van der Waals surface area (Å²) < 4.78 is 10.2. The summed E-state index contributed by atoms with van der Waals surface area (Å²) in [5.74, 6) is -1.65. The molecule has 3 aromatic heterocycles. The maximum atomic E-state index is 12.5. The number of carbonyl (C=O) groups is 3. The number of thiophene rings is 2. The fourth-order valence-electron chi connectivity index (χ4n) is 2.70. The van der Waals surface area contributed by atoms with Gasteiger partial charge in [0.25, 0.3) is 5.91 Å². The SMILES string of the molecule is CCOC(=O)c1c(-c2cccs2)csc1NC(=O)COC(=O)CSc1nc(C)cc(C)n1. The van der Waals surface area contributed by atoms with E-state index in [1.807, 2.05) is 37.4 Å². The number of rotatable bonds is 9. The van der Waals surface area contributed by atoms with Crippen molar-refractivity contribution in [2.45, 2.75) is 25.9 Å². The van der Waals surface area contributed by atoms with Crippen molar-refractivity contribution in [3.63, 3.8) is 0 Å². The van der Waals surface area contributed by atoms with Crippen LogP contribution in [0.1, 0.15) is 28.7 Å². The molecule has 0 aliphatic heterocycles. The van der Waals surface area contributed by atoms with Crippen molar-refractivity contribution >= 4 is 57.3 Å². The van der Waals surface area contributed by atoms with Crippen LogP contribution >= 0.6 is 34.4 Å². The average Bonchev–Trinajstić information content (AvgIpc) is 3.40. The first-order chi connectivity index (χ1) is 15.4. The fourth-order valence-corrected chi connectivity index (χ4v) is 5.24. The van der Waals surface area contributed by atoms with Crippen LogP contribution in [0.3, 0.4) is 0 Å². The molecule has 1 N–H and O–H groups in total. The molecule has 0 spiro atoms. The van der Waals surface area contributed by atoms with Gasteiger partial charge in [-0.1, -0.05) is 17.8 Å². The van der Waals surface area contributed by atoms with Crippen LogP contribution in [0.15, 0.2) is 34.1 Å². The topological polar surface area (TPSA) is 107 Å². The van der Waals surface area contributed by atoms with Crippen LogP contribution in [0.4, 0.5) is 5.00 Å². The van der Waals surface area contributed by atoms with Crippen LogP contribution in [0.25, 0.3) is 10.4 Å². The molecule has 0 aliphatic rings. The van der Waals surface area contributed by atoms with Gasteiger partial charge in [0.2, 0.25) is 0 Å². The number of nitrogens with zero attached hydrogens (tertiary/aromatic N) is 2. The van der Waals surface area contributed by atoms with Crippen LogP contribution in [-0.2, 0) is 19.1 Å². The van der Waals surface area contributed by atoms with Crippen LogP contribution in [-0.4, -0.2) is 46.8 Å². The number of esters is 2. The van der Waals surface area contributed by atoms with Gasteiger partial charge >= 0.3 is 11.9 Å². The van der Waals surface area contributed by atoms with Crippen molar-refractivity contribution < 1.29 is 23.9 Å². The highest BCUT2D eigenvalue weighted by molar-refractivity contribution is 7.99. The van der Waals surface area contributed by atoms with Crippen LogP contribution in [0.5, 0.6) is 0 Å². The molecule has 0 aliphatic carbocycles. The Bertz CT molecular complexity index is 1090. The normalized spacial score (nSPS) is 10.6. The molecule has 0 radical (unpaired) electrons. The highest BCUT2D eigenvalue weighted by Crippen LogP contribution is 2.38. The predicted octanol–water partition coefficient (Wildman–Crippen LogP) is 4.33. The first-order valence-electron chi connectivity index (χ1n) is 9.60. The lowest BCUT2D eigenvalue weighted by Crippen LogP contribution is -2.22. The summed E-state index contributed by atoms with van der Waals surface area (Å²) in [6.07, 6.45) is 0. The van der Waals surface area contributed by atoms with Crippen LogP contribution in [0.2, 0.25) is 0 Å². The molecule has 0 fully saturated rings. The molecule has 0 bridgehead atoms. The molecule has 11 heteroatoms. The number of anilines is 1. The zero-order valence-corrected chi connectivity index (χ0v) is 20.1. The number of carbonyl (C=O) groups excluding carboxylic acids is 3. The summed E-state index contributed by atoms with van der Waals surface area (Å²) in [6, 6.07) is 5.61. The van der Waals surface area contributed by atoms with Crippen LogP contribution in [0, 0.1) is 13.8 Å². The van der Waals surface area contributed by atoms with Gasteiger partial charge in [0.05, 0.1) is 12.4 Å². The third kappa shape index (κ3) is 6.38. The van der Waals surface area contributed by atoms with Gasteiger partial charge < -0.3 is 14.8 Å². The maximum Gasteiger partial charge on any atom is 0.341 e. The summed E-state index contributed by atoms with van der Waals surface area (Å²) in [6.45, 7) is 5.15. The number of hydrogen-bond donors (Lipinski definition) is 1. The van der Waals surface area contributed by atoms with E-state index < -0.39 is 24.5 Å². The van der Waals surface area contributed by atoms with E-state index in [4.69, 9.17) is 9.47 Å². The Labute approximate surface area is 197 Å². The number of aryl methyl sites for hydroxylation is 2. The van der Waals surface area contributed by atoms with Gasteiger partial charge in [-0.05, 0) is 38.3 Å². The third-order valence-electron chi connectivity index (χ3n) is 3.96. The van der Waals surface area contributed by atoms with E-state index in [1.54, 1.807) is 12.3 Å². The van der Waals surface area contributed by atoms with Crippen molar-refractivity contribution in [2.75, 3.05) is 24.3 Å². The predicted molar refractivity (Wildman–Crippen MR) is 125 cm³/mol. The number of aromatic nitrogens is 2. The molecular weight excluding hydrogens is 470 g/mol.